The molecule has 1 aliphatic rings. The van der Waals surface area contributed by atoms with Crippen LogP contribution in [0.25, 0.3) is 11.1 Å². The second kappa shape index (κ2) is 9.82. The molecule has 168 valence electrons. The van der Waals surface area contributed by atoms with Gasteiger partial charge in [0.1, 0.15) is 5.78 Å². The van der Waals surface area contributed by atoms with Gasteiger partial charge < -0.3 is 10.2 Å². The lowest BCUT2D eigenvalue weighted by Gasteiger charge is -2.40. The van der Waals surface area contributed by atoms with Crippen LogP contribution in [0.15, 0.2) is 84.9 Å². The summed E-state index contributed by atoms with van der Waals surface area (Å²) < 4.78 is 0. The molecule has 1 heterocycles. The number of carbonyl (C=O) groups is 3. The molecule has 33 heavy (non-hydrogen) atoms. The average Bonchev–Trinajstić information content (AvgIpc) is 2.88. The Morgan fingerprint density at radius 2 is 1.33 bits per heavy atom. The number of Topliss-reactive ketones (excluding diaryl/α,β-unsaturated/α-hetero) is 1. The van der Waals surface area contributed by atoms with E-state index in [1.807, 2.05) is 72.8 Å². The number of rotatable bonds is 6. The predicted octanol–water partition coefficient (Wildman–Crippen LogP) is 4.23. The van der Waals surface area contributed by atoms with E-state index in [4.69, 9.17) is 0 Å². The fourth-order valence-electron chi connectivity index (χ4n) is 4.55. The summed E-state index contributed by atoms with van der Waals surface area (Å²) in [6, 6.07) is 27.1. The summed E-state index contributed by atoms with van der Waals surface area (Å²) in [5.74, 6) is -0.273. The standard InChI is InChI=1S/C28H28N2O3/c1-21(31)28(25-10-6-3-7-11-25)16-18-30(19-17-28)26(32)20-29-27(33)24-14-12-23(13-15-24)22-8-4-2-5-9-22/h2-15H,16-20H2,1H3,(H,29,33). The zero-order chi connectivity index (χ0) is 23.3. The van der Waals surface area contributed by atoms with E-state index in [0.717, 1.165) is 16.7 Å². The fourth-order valence-corrected chi connectivity index (χ4v) is 4.55. The molecule has 3 aromatic carbocycles. The molecule has 0 atom stereocenters. The highest BCUT2D eigenvalue weighted by atomic mass is 16.2. The Kier molecular flexibility index (Phi) is 6.68. The quantitative estimate of drug-likeness (QED) is 0.624. The number of nitrogens with one attached hydrogen (secondary N) is 1. The maximum Gasteiger partial charge on any atom is 0.251 e. The number of amides is 2. The van der Waals surface area contributed by atoms with Gasteiger partial charge in [-0.05, 0) is 48.6 Å². The lowest BCUT2D eigenvalue weighted by atomic mass is 9.70. The molecule has 0 aromatic heterocycles. The van der Waals surface area contributed by atoms with Gasteiger partial charge >= 0.3 is 0 Å². The Bertz CT molecular complexity index is 1120. The SMILES string of the molecule is CC(=O)C1(c2ccccc2)CCN(C(=O)CNC(=O)c2ccc(-c3ccccc3)cc2)CC1. The maximum absolute atomic E-state index is 12.7. The molecule has 0 spiro atoms. The van der Waals surface area contributed by atoms with Gasteiger partial charge in [-0.15, -0.1) is 0 Å². The van der Waals surface area contributed by atoms with E-state index in [1.165, 1.54) is 0 Å². The zero-order valence-corrected chi connectivity index (χ0v) is 18.8. The van der Waals surface area contributed by atoms with Crippen LogP contribution < -0.4 is 5.32 Å². The van der Waals surface area contributed by atoms with Crippen molar-refractivity contribution in [2.75, 3.05) is 19.6 Å². The number of likely N-dealkylation sites (tertiary alicyclic amines) is 1. The molecule has 0 bridgehead atoms. The van der Waals surface area contributed by atoms with E-state index in [1.54, 1.807) is 24.0 Å². The Labute approximate surface area is 194 Å². The van der Waals surface area contributed by atoms with Gasteiger partial charge in [-0.2, -0.15) is 0 Å². The number of benzene rings is 3. The number of ketones is 1. The van der Waals surface area contributed by atoms with E-state index >= 15 is 0 Å². The lowest BCUT2D eigenvalue weighted by Crippen LogP contribution is -2.50. The molecule has 1 saturated heterocycles. The van der Waals surface area contributed by atoms with Gasteiger partial charge in [0, 0.05) is 18.7 Å². The molecule has 4 rings (SSSR count). The molecule has 0 saturated carbocycles. The van der Waals surface area contributed by atoms with E-state index in [0.29, 0.717) is 31.5 Å². The topological polar surface area (TPSA) is 66.5 Å². The molecule has 0 aliphatic carbocycles. The van der Waals surface area contributed by atoms with E-state index in [9.17, 15) is 14.4 Å². The number of nitrogens with zero attached hydrogens (tertiary/aromatic N) is 1. The van der Waals surface area contributed by atoms with Crippen LogP contribution in [0, 0.1) is 0 Å². The molecule has 0 unspecified atom stereocenters. The van der Waals surface area contributed by atoms with Gasteiger partial charge in [0.15, 0.2) is 0 Å². The summed E-state index contributed by atoms with van der Waals surface area (Å²) in [5.41, 5.74) is 3.10. The van der Waals surface area contributed by atoms with Crippen LogP contribution in [0.1, 0.15) is 35.7 Å². The van der Waals surface area contributed by atoms with Gasteiger partial charge in [-0.3, -0.25) is 14.4 Å². The first-order valence-electron chi connectivity index (χ1n) is 11.3. The highest BCUT2D eigenvalue weighted by Gasteiger charge is 2.41. The van der Waals surface area contributed by atoms with Crippen molar-refractivity contribution < 1.29 is 14.4 Å². The van der Waals surface area contributed by atoms with Gasteiger partial charge in [-0.25, -0.2) is 0 Å². The van der Waals surface area contributed by atoms with Gasteiger partial charge in [-0.1, -0.05) is 72.8 Å². The zero-order valence-electron chi connectivity index (χ0n) is 18.8. The molecular weight excluding hydrogens is 412 g/mol. The summed E-state index contributed by atoms with van der Waals surface area (Å²) in [4.78, 5) is 39.5. The van der Waals surface area contributed by atoms with Crippen LogP contribution in [-0.4, -0.2) is 42.1 Å². The molecule has 2 amide bonds. The number of hydrogen-bond donors (Lipinski definition) is 1. The van der Waals surface area contributed by atoms with Crippen molar-refractivity contribution >= 4 is 17.6 Å². The Morgan fingerprint density at radius 3 is 1.91 bits per heavy atom. The average molecular weight is 441 g/mol. The van der Waals surface area contributed by atoms with Crippen molar-refractivity contribution in [2.45, 2.75) is 25.2 Å². The third-order valence-corrected chi connectivity index (χ3v) is 6.62. The normalized spacial score (nSPS) is 15.0. The Hall–Kier alpha value is -3.73. The van der Waals surface area contributed by atoms with Gasteiger partial charge in [0.25, 0.3) is 5.91 Å². The molecule has 1 fully saturated rings. The number of hydrogen-bond acceptors (Lipinski definition) is 3. The molecular formula is C28H28N2O3. The second-order valence-corrected chi connectivity index (χ2v) is 8.51. The summed E-state index contributed by atoms with van der Waals surface area (Å²) in [6.07, 6.45) is 1.18. The number of carbonyl (C=O) groups excluding carboxylic acids is 3. The molecule has 5 nitrogen and oxygen atoms in total. The van der Waals surface area contributed by atoms with Gasteiger partial charge in [0.2, 0.25) is 5.91 Å². The summed E-state index contributed by atoms with van der Waals surface area (Å²) in [5, 5.41) is 2.73. The van der Waals surface area contributed by atoms with Crippen molar-refractivity contribution in [2.24, 2.45) is 0 Å². The van der Waals surface area contributed by atoms with Crippen LogP contribution in [0.3, 0.4) is 0 Å². The minimum absolute atomic E-state index is 0.0579. The van der Waals surface area contributed by atoms with Crippen molar-refractivity contribution in [3.8, 4) is 11.1 Å². The number of piperidine rings is 1. The van der Waals surface area contributed by atoms with E-state index < -0.39 is 5.41 Å². The van der Waals surface area contributed by atoms with E-state index in [-0.39, 0.29) is 24.1 Å². The second-order valence-electron chi connectivity index (χ2n) is 8.51. The van der Waals surface area contributed by atoms with E-state index in [2.05, 4.69) is 5.32 Å². The Balaban J connectivity index is 1.32. The first kappa shape index (κ1) is 22.5. The Morgan fingerprint density at radius 1 is 0.788 bits per heavy atom. The molecule has 5 heteroatoms. The highest BCUT2D eigenvalue weighted by Crippen LogP contribution is 2.36. The highest BCUT2D eigenvalue weighted by molar-refractivity contribution is 5.97. The van der Waals surface area contributed by atoms with Crippen LogP contribution in [0.5, 0.6) is 0 Å². The third kappa shape index (κ3) is 4.87. The summed E-state index contributed by atoms with van der Waals surface area (Å²) in [6.45, 7) is 2.56. The monoisotopic (exact) mass is 440 g/mol. The van der Waals surface area contributed by atoms with Crippen molar-refractivity contribution in [3.63, 3.8) is 0 Å². The molecule has 1 N–H and O–H groups in total. The maximum atomic E-state index is 12.7. The third-order valence-electron chi connectivity index (χ3n) is 6.62. The van der Waals surface area contributed by atoms with Crippen molar-refractivity contribution in [3.05, 3.63) is 96.1 Å². The lowest BCUT2D eigenvalue weighted by molar-refractivity contribution is -0.134. The van der Waals surface area contributed by atoms with Crippen LogP contribution >= 0.6 is 0 Å². The predicted molar refractivity (Wildman–Crippen MR) is 129 cm³/mol. The van der Waals surface area contributed by atoms with Crippen LogP contribution in [0.4, 0.5) is 0 Å². The van der Waals surface area contributed by atoms with Crippen LogP contribution in [-0.2, 0) is 15.0 Å². The smallest absolute Gasteiger partial charge is 0.251 e. The minimum atomic E-state index is -0.540. The van der Waals surface area contributed by atoms with Crippen molar-refractivity contribution in [1.82, 2.24) is 10.2 Å². The molecule has 3 aromatic rings. The van der Waals surface area contributed by atoms with Crippen molar-refractivity contribution in [1.29, 1.82) is 0 Å². The summed E-state index contributed by atoms with van der Waals surface area (Å²) >= 11 is 0. The van der Waals surface area contributed by atoms with Gasteiger partial charge in [0.05, 0.1) is 12.0 Å². The summed E-state index contributed by atoms with van der Waals surface area (Å²) in [7, 11) is 0. The minimum Gasteiger partial charge on any atom is -0.343 e. The molecule has 0 radical (unpaired) electrons. The fraction of sp³-hybridized carbons (Fsp3) is 0.250. The first-order valence-corrected chi connectivity index (χ1v) is 11.3. The largest absolute Gasteiger partial charge is 0.343 e. The molecule has 1 aliphatic heterocycles. The van der Waals surface area contributed by atoms with Crippen LogP contribution in [0.2, 0.25) is 0 Å². The first-order chi connectivity index (χ1) is 16.0.